The number of aromatic nitrogens is 2. The Hall–Kier alpha value is -2.94. The SMILES string of the molecule is Cc1cn2cccc(C(=O)N[C@@H]3C[C@H](C(=O)NCC(N)=O)C[C@H]3O)c2n1. The van der Waals surface area contributed by atoms with Crippen molar-refractivity contribution in [2.75, 3.05) is 6.54 Å². The van der Waals surface area contributed by atoms with Gasteiger partial charge < -0.3 is 25.9 Å². The number of fused-ring (bicyclic) bond motifs is 1. The molecule has 26 heavy (non-hydrogen) atoms. The van der Waals surface area contributed by atoms with Crippen LogP contribution >= 0.6 is 0 Å². The highest BCUT2D eigenvalue weighted by molar-refractivity contribution is 6.00. The molecule has 2 aromatic heterocycles. The van der Waals surface area contributed by atoms with Gasteiger partial charge in [0.25, 0.3) is 5.91 Å². The predicted octanol–water partition coefficient (Wildman–Crippen LogP) is -0.886. The number of pyridine rings is 1. The second-order valence-corrected chi connectivity index (χ2v) is 6.53. The van der Waals surface area contributed by atoms with Gasteiger partial charge in [-0.25, -0.2) is 4.98 Å². The van der Waals surface area contributed by atoms with Crippen molar-refractivity contribution in [3.05, 3.63) is 35.8 Å². The molecule has 0 aliphatic heterocycles. The van der Waals surface area contributed by atoms with Crippen molar-refractivity contribution < 1.29 is 19.5 Å². The van der Waals surface area contributed by atoms with E-state index in [9.17, 15) is 19.5 Å². The topological polar surface area (TPSA) is 139 Å². The summed E-state index contributed by atoms with van der Waals surface area (Å²) < 4.78 is 1.76. The van der Waals surface area contributed by atoms with Crippen LogP contribution in [0.5, 0.6) is 0 Å². The average Bonchev–Trinajstić information content (AvgIpc) is 3.14. The third kappa shape index (κ3) is 3.67. The summed E-state index contributed by atoms with van der Waals surface area (Å²) in [5.41, 5.74) is 6.72. The minimum Gasteiger partial charge on any atom is -0.391 e. The maximum absolute atomic E-state index is 12.6. The number of aliphatic hydroxyl groups excluding tert-OH is 1. The Morgan fingerprint density at radius 1 is 1.38 bits per heavy atom. The Bertz CT molecular complexity index is 862. The molecule has 1 aliphatic carbocycles. The van der Waals surface area contributed by atoms with Crippen molar-refractivity contribution in [2.24, 2.45) is 11.7 Å². The molecule has 9 heteroatoms. The van der Waals surface area contributed by atoms with Crippen molar-refractivity contribution in [2.45, 2.75) is 31.9 Å². The highest BCUT2D eigenvalue weighted by atomic mass is 16.3. The van der Waals surface area contributed by atoms with Crippen molar-refractivity contribution in [3.8, 4) is 0 Å². The average molecular weight is 359 g/mol. The van der Waals surface area contributed by atoms with Crippen LogP contribution in [0.25, 0.3) is 5.65 Å². The number of amides is 3. The molecule has 2 aromatic rings. The molecule has 138 valence electrons. The molecule has 3 amide bonds. The molecule has 3 atom stereocenters. The molecule has 5 N–H and O–H groups in total. The first-order valence-corrected chi connectivity index (χ1v) is 8.34. The lowest BCUT2D eigenvalue weighted by Crippen LogP contribution is -2.40. The Morgan fingerprint density at radius 2 is 2.15 bits per heavy atom. The van der Waals surface area contributed by atoms with E-state index in [0.29, 0.717) is 11.2 Å². The molecule has 1 aliphatic rings. The maximum Gasteiger partial charge on any atom is 0.255 e. The molecule has 0 saturated heterocycles. The van der Waals surface area contributed by atoms with E-state index in [1.807, 2.05) is 13.1 Å². The molecule has 0 spiro atoms. The van der Waals surface area contributed by atoms with E-state index < -0.39 is 24.0 Å². The number of aliphatic hydroxyl groups is 1. The van der Waals surface area contributed by atoms with Crippen LogP contribution in [0.4, 0.5) is 0 Å². The number of nitrogens with zero attached hydrogens (tertiary/aromatic N) is 2. The third-order valence-corrected chi connectivity index (χ3v) is 4.50. The van der Waals surface area contributed by atoms with E-state index >= 15 is 0 Å². The van der Waals surface area contributed by atoms with E-state index in [1.54, 1.807) is 22.7 Å². The van der Waals surface area contributed by atoms with Crippen LogP contribution in [0.15, 0.2) is 24.5 Å². The van der Waals surface area contributed by atoms with Gasteiger partial charge in [-0.15, -0.1) is 0 Å². The van der Waals surface area contributed by atoms with Crippen molar-refractivity contribution in [1.82, 2.24) is 20.0 Å². The van der Waals surface area contributed by atoms with Crippen LogP contribution in [0.1, 0.15) is 28.9 Å². The molecular weight excluding hydrogens is 338 g/mol. The van der Waals surface area contributed by atoms with Gasteiger partial charge in [0, 0.05) is 18.3 Å². The standard InChI is InChI=1S/C17H21N5O4/c1-9-8-22-4-2-3-11(15(22)20-9)17(26)21-12-5-10(6-13(12)23)16(25)19-7-14(18)24/h2-4,8,10,12-13,23H,5-7H2,1H3,(H2,18,24)(H,19,25)(H,21,26)/t10-,12+,13+/m0/s1. The van der Waals surface area contributed by atoms with Gasteiger partial charge in [0.05, 0.1) is 29.9 Å². The fraction of sp³-hybridized carbons (Fsp3) is 0.412. The lowest BCUT2D eigenvalue weighted by molar-refractivity contribution is -0.127. The largest absolute Gasteiger partial charge is 0.391 e. The molecule has 0 bridgehead atoms. The van der Waals surface area contributed by atoms with Gasteiger partial charge in [0.1, 0.15) is 5.65 Å². The summed E-state index contributed by atoms with van der Waals surface area (Å²) >= 11 is 0. The molecule has 0 aromatic carbocycles. The Morgan fingerprint density at radius 3 is 2.88 bits per heavy atom. The van der Waals surface area contributed by atoms with Gasteiger partial charge in [-0.3, -0.25) is 14.4 Å². The molecule has 1 fully saturated rings. The van der Waals surface area contributed by atoms with Crippen molar-refractivity contribution in [3.63, 3.8) is 0 Å². The Kier molecular flexibility index (Phi) is 4.90. The molecule has 9 nitrogen and oxygen atoms in total. The quantitative estimate of drug-likeness (QED) is 0.549. The monoisotopic (exact) mass is 359 g/mol. The summed E-state index contributed by atoms with van der Waals surface area (Å²) in [6.45, 7) is 1.59. The highest BCUT2D eigenvalue weighted by Crippen LogP contribution is 2.27. The van der Waals surface area contributed by atoms with Gasteiger partial charge in [0.15, 0.2) is 0 Å². The number of nitrogens with two attached hydrogens (primary N) is 1. The second-order valence-electron chi connectivity index (χ2n) is 6.53. The summed E-state index contributed by atoms with van der Waals surface area (Å²) in [6.07, 6.45) is 3.27. The number of hydrogen-bond donors (Lipinski definition) is 4. The number of nitrogens with one attached hydrogen (secondary N) is 2. The van der Waals surface area contributed by atoms with Crippen LogP contribution in [0, 0.1) is 12.8 Å². The van der Waals surface area contributed by atoms with Crippen LogP contribution in [0.2, 0.25) is 0 Å². The smallest absolute Gasteiger partial charge is 0.255 e. The van der Waals surface area contributed by atoms with Gasteiger partial charge >= 0.3 is 0 Å². The molecular formula is C17H21N5O4. The zero-order valence-electron chi connectivity index (χ0n) is 14.3. The van der Waals surface area contributed by atoms with E-state index in [-0.39, 0.29) is 31.2 Å². The minimum absolute atomic E-state index is 0.211. The minimum atomic E-state index is -0.843. The van der Waals surface area contributed by atoms with Crippen LogP contribution in [0.3, 0.4) is 0 Å². The third-order valence-electron chi connectivity index (χ3n) is 4.50. The predicted molar refractivity (Wildman–Crippen MR) is 92.1 cm³/mol. The molecule has 3 rings (SSSR count). The summed E-state index contributed by atoms with van der Waals surface area (Å²) in [4.78, 5) is 39.7. The Balaban J connectivity index is 1.67. The molecule has 2 heterocycles. The summed E-state index contributed by atoms with van der Waals surface area (Å²) in [5, 5.41) is 15.4. The second kappa shape index (κ2) is 7.12. The molecule has 0 unspecified atom stereocenters. The van der Waals surface area contributed by atoms with Gasteiger partial charge in [0.2, 0.25) is 11.8 Å². The van der Waals surface area contributed by atoms with E-state index in [1.165, 1.54) is 0 Å². The Labute approximate surface area is 149 Å². The zero-order valence-corrected chi connectivity index (χ0v) is 14.3. The fourth-order valence-electron chi connectivity index (χ4n) is 3.26. The maximum atomic E-state index is 12.6. The number of carbonyl (C=O) groups excluding carboxylic acids is 3. The number of imidazole rings is 1. The van der Waals surface area contributed by atoms with Crippen LogP contribution in [-0.4, -0.2) is 50.9 Å². The number of hydrogen-bond acceptors (Lipinski definition) is 5. The number of primary amides is 1. The van der Waals surface area contributed by atoms with Crippen LogP contribution in [-0.2, 0) is 9.59 Å². The summed E-state index contributed by atoms with van der Waals surface area (Å²) in [7, 11) is 0. The van der Waals surface area contributed by atoms with Crippen molar-refractivity contribution in [1.29, 1.82) is 0 Å². The van der Waals surface area contributed by atoms with Gasteiger partial charge in [-0.1, -0.05) is 0 Å². The first kappa shape index (κ1) is 17.9. The van der Waals surface area contributed by atoms with E-state index in [0.717, 1.165) is 5.69 Å². The fourth-order valence-corrected chi connectivity index (χ4v) is 3.26. The highest BCUT2D eigenvalue weighted by Gasteiger charge is 2.38. The summed E-state index contributed by atoms with van der Waals surface area (Å²) in [5.74, 6) is -1.84. The van der Waals surface area contributed by atoms with Crippen molar-refractivity contribution >= 4 is 23.4 Å². The first-order chi connectivity index (χ1) is 12.3. The number of carbonyl (C=O) groups is 3. The normalized spacial score (nSPS) is 22.3. The number of rotatable bonds is 5. The lowest BCUT2D eigenvalue weighted by Gasteiger charge is -2.16. The molecule has 0 radical (unpaired) electrons. The summed E-state index contributed by atoms with van der Waals surface area (Å²) in [6, 6.07) is 2.85. The molecule has 1 saturated carbocycles. The van der Waals surface area contributed by atoms with Gasteiger partial charge in [-0.05, 0) is 31.9 Å². The van der Waals surface area contributed by atoms with E-state index in [4.69, 9.17) is 5.73 Å². The number of aryl methyl sites for hydroxylation is 1. The van der Waals surface area contributed by atoms with Crippen LogP contribution < -0.4 is 16.4 Å². The first-order valence-electron chi connectivity index (χ1n) is 8.34. The lowest BCUT2D eigenvalue weighted by atomic mass is 10.1. The van der Waals surface area contributed by atoms with Gasteiger partial charge in [-0.2, -0.15) is 0 Å². The zero-order chi connectivity index (χ0) is 18.8. The van der Waals surface area contributed by atoms with E-state index in [2.05, 4.69) is 15.6 Å².